The van der Waals surface area contributed by atoms with E-state index in [1.165, 1.54) is 18.1 Å². The molecule has 6 nitrogen and oxygen atoms in total. The zero-order chi connectivity index (χ0) is 14.0. The van der Waals surface area contributed by atoms with Crippen molar-refractivity contribution < 1.29 is 19.4 Å². The van der Waals surface area contributed by atoms with Crippen LogP contribution in [0.4, 0.5) is 0 Å². The molecule has 102 valence electrons. The molecule has 2 rings (SSSR count). The van der Waals surface area contributed by atoms with Crippen LogP contribution in [0.3, 0.4) is 0 Å². The Morgan fingerprint density at radius 2 is 2.32 bits per heavy atom. The predicted octanol–water partition coefficient (Wildman–Crippen LogP) is -0.109. The fourth-order valence-corrected chi connectivity index (χ4v) is 2.16. The summed E-state index contributed by atoms with van der Waals surface area (Å²) in [7, 11) is 1.26. The molecule has 1 aromatic carbocycles. The van der Waals surface area contributed by atoms with Crippen molar-refractivity contribution in [1.29, 1.82) is 0 Å². The minimum Gasteiger partial charge on any atom is -0.508 e. The molecule has 19 heavy (non-hydrogen) atoms. The van der Waals surface area contributed by atoms with Gasteiger partial charge in [0.15, 0.2) is 0 Å². The molecular formula is C13H16N2O4. The maximum atomic E-state index is 12.2. The number of nitrogens with zero attached hydrogens (tertiary/aromatic N) is 1. The van der Waals surface area contributed by atoms with Crippen molar-refractivity contribution in [3.05, 3.63) is 29.3 Å². The first-order valence-corrected chi connectivity index (χ1v) is 5.97. The number of methoxy groups -OCH3 is 1. The number of carbonyl (C=O) groups is 2. The average Bonchev–Trinajstić information content (AvgIpc) is 2.40. The maximum Gasteiger partial charge on any atom is 0.324 e. The second-order valence-corrected chi connectivity index (χ2v) is 4.47. The van der Waals surface area contributed by atoms with E-state index in [1.54, 1.807) is 12.1 Å². The lowest BCUT2D eigenvalue weighted by atomic mass is 9.98. The molecule has 0 saturated heterocycles. The molecule has 0 spiro atoms. The van der Waals surface area contributed by atoms with Crippen LogP contribution >= 0.6 is 0 Å². The van der Waals surface area contributed by atoms with E-state index in [2.05, 4.69) is 4.74 Å². The van der Waals surface area contributed by atoms with Gasteiger partial charge in [0.1, 0.15) is 11.8 Å². The molecule has 3 N–H and O–H groups in total. The van der Waals surface area contributed by atoms with Gasteiger partial charge in [-0.1, -0.05) is 0 Å². The minimum absolute atomic E-state index is 0.131. The van der Waals surface area contributed by atoms with E-state index >= 15 is 0 Å². The second kappa shape index (κ2) is 5.27. The first-order chi connectivity index (χ1) is 9.02. The van der Waals surface area contributed by atoms with E-state index < -0.39 is 12.0 Å². The SMILES string of the molecule is COC(=O)C(N)CN1CCc2cc(O)ccc2C1=O. The predicted molar refractivity (Wildman–Crippen MR) is 67.7 cm³/mol. The molecule has 0 aromatic heterocycles. The summed E-state index contributed by atoms with van der Waals surface area (Å²) in [5, 5.41) is 9.38. The zero-order valence-corrected chi connectivity index (χ0v) is 10.6. The number of ether oxygens (including phenoxy) is 1. The van der Waals surface area contributed by atoms with E-state index in [1.807, 2.05) is 0 Å². The van der Waals surface area contributed by atoms with Crippen LogP contribution in [0.1, 0.15) is 15.9 Å². The first-order valence-electron chi connectivity index (χ1n) is 5.97. The van der Waals surface area contributed by atoms with Gasteiger partial charge in [-0.3, -0.25) is 9.59 Å². The highest BCUT2D eigenvalue weighted by molar-refractivity contribution is 5.97. The van der Waals surface area contributed by atoms with Crippen molar-refractivity contribution in [2.45, 2.75) is 12.5 Å². The van der Waals surface area contributed by atoms with Crippen LogP contribution in [0.2, 0.25) is 0 Å². The number of hydrogen-bond donors (Lipinski definition) is 2. The summed E-state index contributed by atoms with van der Waals surface area (Å²) < 4.78 is 4.54. The van der Waals surface area contributed by atoms with E-state index in [4.69, 9.17) is 5.73 Å². The molecule has 0 saturated carbocycles. The highest BCUT2D eigenvalue weighted by atomic mass is 16.5. The van der Waals surface area contributed by atoms with Gasteiger partial charge in [0.2, 0.25) is 0 Å². The molecule has 0 radical (unpaired) electrons. The van der Waals surface area contributed by atoms with Crippen LogP contribution in [-0.4, -0.2) is 48.1 Å². The smallest absolute Gasteiger partial charge is 0.324 e. The summed E-state index contributed by atoms with van der Waals surface area (Å²) in [5.41, 5.74) is 7.01. The third-order valence-electron chi connectivity index (χ3n) is 3.18. The number of phenols is 1. The van der Waals surface area contributed by atoms with Gasteiger partial charge in [0, 0.05) is 18.7 Å². The molecule has 6 heteroatoms. The summed E-state index contributed by atoms with van der Waals surface area (Å²) >= 11 is 0. The molecule has 1 aromatic rings. The third-order valence-corrected chi connectivity index (χ3v) is 3.18. The molecule has 1 aliphatic heterocycles. The Labute approximate surface area is 110 Å². The molecule has 1 heterocycles. The van der Waals surface area contributed by atoms with Crippen LogP contribution < -0.4 is 5.73 Å². The van der Waals surface area contributed by atoms with Crippen LogP contribution in [-0.2, 0) is 16.0 Å². The van der Waals surface area contributed by atoms with Crippen LogP contribution in [0.25, 0.3) is 0 Å². The Balaban J connectivity index is 2.13. The van der Waals surface area contributed by atoms with Gasteiger partial charge in [0.05, 0.1) is 7.11 Å². The Hall–Kier alpha value is -2.08. The summed E-state index contributed by atoms with van der Waals surface area (Å²) in [6, 6.07) is 3.81. The number of amides is 1. The number of carbonyl (C=O) groups excluding carboxylic acids is 2. The van der Waals surface area contributed by atoms with Gasteiger partial charge in [-0.05, 0) is 30.2 Å². The molecule has 1 amide bonds. The Kier molecular flexibility index (Phi) is 3.71. The number of phenolic OH excluding ortho intramolecular Hbond substituents is 1. The van der Waals surface area contributed by atoms with Crippen molar-refractivity contribution in [3.8, 4) is 5.75 Å². The highest BCUT2D eigenvalue weighted by Crippen LogP contribution is 2.23. The largest absolute Gasteiger partial charge is 0.508 e. The third kappa shape index (κ3) is 2.68. The van der Waals surface area contributed by atoms with Crippen molar-refractivity contribution in [2.75, 3.05) is 20.2 Å². The minimum atomic E-state index is -0.840. The quantitative estimate of drug-likeness (QED) is 0.743. The van der Waals surface area contributed by atoms with Crippen molar-refractivity contribution >= 4 is 11.9 Å². The molecule has 1 aliphatic rings. The summed E-state index contributed by atoms with van der Waals surface area (Å²) in [6.45, 7) is 0.603. The van der Waals surface area contributed by atoms with E-state index in [-0.39, 0.29) is 18.2 Å². The summed E-state index contributed by atoms with van der Waals surface area (Å²) in [5.74, 6) is -0.573. The molecular weight excluding hydrogens is 248 g/mol. The Morgan fingerprint density at radius 1 is 1.58 bits per heavy atom. The fraction of sp³-hybridized carbons (Fsp3) is 0.385. The number of benzene rings is 1. The number of fused-ring (bicyclic) bond motifs is 1. The van der Waals surface area contributed by atoms with Gasteiger partial charge >= 0.3 is 5.97 Å². The molecule has 1 unspecified atom stereocenters. The average molecular weight is 264 g/mol. The van der Waals surface area contributed by atoms with Crippen molar-refractivity contribution in [3.63, 3.8) is 0 Å². The lowest BCUT2D eigenvalue weighted by molar-refractivity contribution is -0.142. The van der Waals surface area contributed by atoms with Gasteiger partial charge in [-0.15, -0.1) is 0 Å². The molecule has 0 fully saturated rings. The lowest BCUT2D eigenvalue weighted by Crippen LogP contribution is -2.48. The zero-order valence-electron chi connectivity index (χ0n) is 10.6. The fourth-order valence-electron chi connectivity index (χ4n) is 2.16. The summed E-state index contributed by atoms with van der Waals surface area (Å²) in [6.07, 6.45) is 0.628. The molecule has 0 bridgehead atoms. The number of hydrogen-bond acceptors (Lipinski definition) is 5. The van der Waals surface area contributed by atoms with E-state index in [0.717, 1.165) is 5.56 Å². The van der Waals surface area contributed by atoms with Gasteiger partial charge in [-0.25, -0.2) is 0 Å². The van der Waals surface area contributed by atoms with Gasteiger partial charge in [-0.2, -0.15) is 0 Å². The normalized spacial score (nSPS) is 15.9. The number of nitrogens with two attached hydrogens (primary N) is 1. The monoisotopic (exact) mass is 264 g/mol. The van der Waals surface area contributed by atoms with Gasteiger partial charge < -0.3 is 20.5 Å². The first kappa shape index (κ1) is 13.4. The highest BCUT2D eigenvalue weighted by Gasteiger charge is 2.27. The number of aromatic hydroxyl groups is 1. The van der Waals surface area contributed by atoms with Crippen LogP contribution in [0.5, 0.6) is 5.75 Å². The molecule has 1 atom stereocenters. The Bertz CT molecular complexity index is 515. The van der Waals surface area contributed by atoms with E-state index in [9.17, 15) is 14.7 Å². The second-order valence-electron chi connectivity index (χ2n) is 4.47. The maximum absolute atomic E-state index is 12.2. The van der Waals surface area contributed by atoms with E-state index in [0.29, 0.717) is 18.5 Å². The number of esters is 1. The lowest BCUT2D eigenvalue weighted by Gasteiger charge is -2.30. The number of rotatable bonds is 3. The molecule has 0 aliphatic carbocycles. The van der Waals surface area contributed by atoms with Crippen molar-refractivity contribution in [2.24, 2.45) is 5.73 Å². The van der Waals surface area contributed by atoms with Crippen LogP contribution in [0.15, 0.2) is 18.2 Å². The standard InChI is InChI=1S/C13H16N2O4/c1-19-13(18)11(14)7-15-5-4-8-6-9(16)2-3-10(8)12(15)17/h2-3,6,11,16H,4-5,7,14H2,1H3. The van der Waals surface area contributed by atoms with Crippen molar-refractivity contribution in [1.82, 2.24) is 4.90 Å². The van der Waals surface area contributed by atoms with Gasteiger partial charge in [0.25, 0.3) is 5.91 Å². The Morgan fingerprint density at radius 3 is 3.00 bits per heavy atom. The van der Waals surface area contributed by atoms with Crippen LogP contribution in [0, 0.1) is 0 Å². The topological polar surface area (TPSA) is 92.9 Å². The summed E-state index contributed by atoms with van der Waals surface area (Å²) in [4.78, 5) is 25.0.